The van der Waals surface area contributed by atoms with E-state index in [4.69, 9.17) is 14.0 Å². The second-order valence-corrected chi connectivity index (χ2v) is 5.77. The van der Waals surface area contributed by atoms with Crippen LogP contribution in [0.5, 0.6) is 5.75 Å². The lowest BCUT2D eigenvalue weighted by molar-refractivity contribution is -0.136. The average Bonchev–Trinajstić information content (AvgIpc) is 3.12. The Hall–Kier alpha value is -2.41. The lowest BCUT2D eigenvalue weighted by Crippen LogP contribution is -2.39. The van der Waals surface area contributed by atoms with Crippen molar-refractivity contribution in [3.05, 3.63) is 30.2 Å². The van der Waals surface area contributed by atoms with Crippen molar-refractivity contribution < 1.29 is 18.8 Å². The van der Waals surface area contributed by atoms with Crippen LogP contribution >= 0.6 is 0 Å². The molecular formula is C17H21N3O4. The first-order chi connectivity index (χ1) is 11.7. The van der Waals surface area contributed by atoms with E-state index in [0.717, 1.165) is 24.2 Å². The van der Waals surface area contributed by atoms with Gasteiger partial charge in [-0.3, -0.25) is 4.79 Å². The molecule has 0 aliphatic carbocycles. The molecule has 1 aliphatic heterocycles. The molecule has 1 saturated heterocycles. The van der Waals surface area contributed by atoms with Crippen molar-refractivity contribution in [3.8, 4) is 17.1 Å². The van der Waals surface area contributed by atoms with E-state index in [1.54, 1.807) is 7.11 Å². The van der Waals surface area contributed by atoms with Crippen LogP contribution < -0.4 is 4.74 Å². The van der Waals surface area contributed by atoms with Gasteiger partial charge >= 0.3 is 0 Å². The summed E-state index contributed by atoms with van der Waals surface area (Å²) in [6.07, 6.45) is 1.64. The largest absolute Gasteiger partial charge is 0.497 e. The molecule has 1 fully saturated rings. The standard InChI is InChI=1S/C17H21N3O4/c1-22-11-15(21)20-9-7-13(8-10-20)17-18-16(19-24-17)12-3-5-14(23-2)6-4-12/h3-6,13H,7-11H2,1-2H3. The van der Waals surface area contributed by atoms with Gasteiger partial charge in [0.2, 0.25) is 17.6 Å². The average molecular weight is 331 g/mol. The topological polar surface area (TPSA) is 77.7 Å². The van der Waals surface area contributed by atoms with Crippen molar-refractivity contribution in [2.75, 3.05) is 33.9 Å². The van der Waals surface area contributed by atoms with E-state index in [2.05, 4.69) is 10.1 Å². The van der Waals surface area contributed by atoms with E-state index in [-0.39, 0.29) is 18.4 Å². The Bertz CT molecular complexity index is 675. The summed E-state index contributed by atoms with van der Waals surface area (Å²) in [5.74, 6) is 2.22. The zero-order chi connectivity index (χ0) is 16.9. The number of likely N-dealkylation sites (tertiary alicyclic amines) is 1. The highest BCUT2D eigenvalue weighted by Crippen LogP contribution is 2.29. The summed E-state index contributed by atoms with van der Waals surface area (Å²) in [7, 11) is 3.16. The minimum atomic E-state index is 0.0281. The smallest absolute Gasteiger partial charge is 0.248 e. The Morgan fingerprint density at radius 1 is 1.25 bits per heavy atom. The first-order valence-corrected chi connectivity index (χ1v) is 7.96. The minimum Gasteiger partial charge on any atom is -0.497 e. The Kier molecular flexibility index (Phi) is 5.10. The van der Waals surface area contributed by atoms with Crippen LogP contribution in [0.4, 0.5) is 0 Å². The van der Waals surface area contributed by atoms with E-state index < -0.39 is 0 Å². The van der Waals surface area contributed by atoms with Crippen molar-refractivity contribution in [3.63, 3.8) is 0 Å². The lowest BCUT2D eigenvalue weighted by atomic mass is 9.97. The zero-order valence-corrected chi connectivity index (χ0v) is 13.9. The normalized spacial score (nSPS) is 15.5. The highest BCUT2D eigenvalue weighted by atomic mass is 16.5. The SMILES string of the molecule is COCC(=O)N1CCC(c2nc(-c3ccc(OC)cc3)no2)CC1. The molecule has 7 nitrogen and oxygen atoms in total. The lowest BCUT2D eigenvalue weighted by Gasteiger charge is -2.30. The second-order valence-electron chi connectivity index (χ2n) is 5.77. The molecule has 0 N–H and O–H groups in total. The first-order valence-electron chi connectivity index (χ1n) is 7.96. The van der Waals surface area contributed by atoms with Crippen LogP contribution in [0, 0.1) is 0 Å². The fourth-order valence-electron chi connectivity index (χ4n) is 2.85. The van der Waals surface area contributed by atoms with Crippen molar-refractivity contribution in [2.24, 2.45) is 0 Å². The molecule has 0 radical (unpaired) electrons. The Balaban J connectivity index is 1.63. The molecular weight excluding hydrogens is 310 g/mol. The van der Waals surface area contributed by atoms with Gasteiger partial charge in [0.15, 0.2) is 0 Å². The van der Waals surface area contributed by atoms with Crippen molar-refractivity contribution in [1.82, 2.24) is 15.0 Å². The number of piperidine rings is 1. The summed E-state index contributed by atoms with van der Waals surface area (Å²) in [5.41, 5.74) is 0.888. The second kappa shape index (κ2) is 7.44. The van der Waals surface area contributed by atoms with Crippen molar-refractivity contribution in [1.29, 1.82) is 0 Å². The zero-order valence-electron chi connectivity index (χ0n) is 13.9. The van der Waals surface area contributed by atoms with Crippen molar-refractivity contribution >= 4 is 5.91 Å². The molecule has 0 atom stereocenters. The Morgan fingerprint density at radius 3 is 2.58 bits per heavy atom. The number of carbonyl (C=O) groups is 1. The minimum absolute atomic E-state index is 0.0281. The maximum atomic E-state index is 11.8. The monoisotopic (exact) mass is 331 g/mol. The van der Waals surface area contributed by atoms with Gasteiger partial charge in [-0.05, 0) is 37.1 Å². The predicted molar refractivity (Wildman–Crippen MR) is 86.7 cm³/mol. The number of hydrogen-bond donors (Lipinski definition) is 0. The number of amides is 1. The van der Waals surface area contributed by atoms with Gasteiger partial charge in [-0.25, -0.2) is 0 Å². The summed E-state index contributed by atoms with van der Waals surface area (Å²) < 4.78 is 15.5. The number of methoxy groups -OCH3 is 2. The number of rotatable bonds is 5. The molecule has 7 heteroatoms. The number of benzene rings is 1. The van der Waals surface area contributed by atoms with Crippen LogP contribution in [0.25, 0.3) is 11.4 Å². The Morgan fingerprint density at radius 2 is 1.96 bits per heavy atom. The third kappa shape index (κ3) is 3.56. The molecule has 24 heavy (non-hydrogen) atoms. The number of nitrogens with zero attached hydrogens (tertiary/aromatic N) is 3. The molecule has 1 aliphatic rings. The summed E-state index contributed by atoms with van der Waals surface area (Å²) in [5, 5.41) is 4.07. The molecule has 1 amide bonds. The highest BCUT2D eigenvalue weighted by molar-refractivity contribution is 5.77. The summed E-state index contributed by atoms with van der Waals surface area (Å²) in [4.78, 5) is 18.2. The fourth-order valence-corrected chi connectivity index (χ4v) is 2.85. The predicted octanol–water partition coefficient (Wildman–Crippen LogP) is 2.10. The molecule has 1 aromatic carbocycles. The van der Waals surface area contributed by atoms with Crippen LogP contribution in [-0.4, -0.2) is 54.9 Å². The van der Waals surface area contributed by atoms with Crippen LogP contribution in [0.15, 0.2) is 28.8 Å². The van der Waals surface area contributed by atoms with Gasteiger partial charge in [-0.2, -0.15) is 4.98 Å². The van der Waals surface area contributed by atoms with E-state index >= 15 is 0 Å². The molecule has 0 saturated carbocycles. The maximum absolute atomic E-state index is 11.8. The molecule has 2 aromatic rings. The Labute approximate surface area is 140 Å². The molecule has 0 spiro atoms. The summed E-state index contributed by atoms with van der Waals surface area (Å²) in [6.45, 7) is 1.51. The van der Waals surface area contributed by atoms with Crippen LogP contribution in [0.3, 0.4) is 0 Å². The third-order valence-electron chi connectivity index (χ3n) is 4.25. The number of ether oxygens (including phenoxy) is 2. The maximum Gasteiger partial charge on any atom is 0.248 e. The van der Waals surface area contributed by atoms with Gasteiger partial charge in [-0.1, -0.05) is 5.16 Å². The van der Waals surface area contributed by atoms with Gasteiger partial charge < -0.3 is 18.9 Å². The number of carbonyl (C=O) groups excluding carboxylic acids is 1. The van der Waals surface area contributed by atoms with Crippen LogP contribution in [-0.2, 0) is 9.53 Å². The van der Waals surface area contributed by atoms with Crippen LogP contribution in [0.2, 0.25) is 0 Å². The molecule has 0 bridgehead atoms. The molecule has 128 valence electrons. The number of hydrogen-bond acceptors (Lipinski definition) is 6. The third-order valence-corrected chi connectivity index (χ3v) is 4.25. The van der Waals surface area contributed by atoms with Gasteiger partial charge in [0.1, 0.15) is 12.4 Å². The first kappa shape index (κ1) is 16.4. The van der Waals surface area contributed by atoms with E-state index in [9.17, 15) is 4.79 Å². The van der Waals surface area contributed by atoms with E-state index in [1.807, 2.05) is 29.2 Å². The van der Waals surface area contributed by atoms with E-state index in [1.165, 1.54) is 7.11 Å². The highest BCUT2D eigenvalue weighted by Gasteiger charge is 2.27. The molecule has 1 aromatic heterocycles. The van der Waals surface area contributed by atoms with Gasteiger partial charge in [-0.15, -0.1) is 0 Å². The molecule has 0 unspecified atom stereocenters. The quantitative estimate of drug-likeness (QED) is 0.835. The molecule has 3 rings (SSSR count). The van der Waals surface area contributed by atoms with Gasteiger partial charge in [0.25, 0.3) is 0 Å². The van der Waals surface area contributed by atoms with Crippen LogP contribution in [0.1, 0.15) is 24.7 Å². The number of aromatic nitrogens is 2. The molecule has 2 heterocycles. The van der Waals surface area contributed by atoms with Gasteiger partial charge in [0.05, 0.1) is 7.11 Å². The summed E-state index contributed by atoms with van der Waals surface area (Å²) in [6, 6.07) is 7.54. The van der Waals surface area contributed by atoms with Crippen molar-refractivity contribution in [2.45, 2.75) is 18.8 Å². The fraction of sp³-hybridized carbons (Fsp3) is 0.471. The summed E-state index contributed by atoms with van der Waals surface area (Å²) >= 11 is 0. The van der Waals surface area contributed by atoms with Gasteiger partial charge in [0, 0.05) is 31.7 Å². The van der Waals surface area contributed by atoms with E-state index in [0.29, 0.717) is 24.8 Å².